The van der Waals surface area contributed by atoms with Crippen molar-refractivity contribution in [3.05, 3.63) is 52.3 Å². The van der Waals surface area contributed by atoms with E-state index < -0.39 is 5.97 Å². The van der Waals surface area contributed by atoms with Crippen LogP contribution in [-0.2, 0) is 16.1 Å². The molecular weight excluding hydrogens is 410 g/mol. The van der Waals surface area contributed by atoms with Gasteiger partial charge in [-0.15, -0.1) is 11.3 Å². The van der Waals surface area contributed by atoms with Crippen molar-refractivity contribution in [2.24, 2.45) is 4.99 Å². The number of hydrogen-bond acceptors (Lipinski definition) is 7. The predicted molar refractivity (Wildman–Crippen MR) is 113 cm³/mol. The Morgan fingerprint density at radius 2 is 2.07 bits per heavy atom. The molecule has 2 aromatic carbocycles. The number of ether oxygens (including phenoxy) is 2. The third-order valence-electron chi connectivity index (χ3n) is 4.25. The van der Waals surface area contributed by atoms with Gasteiger partial charge in [-0.2, -0.15) is 4.99 Å². The number of rotatable bonds is 5. The Morgan fingerprint density at radius 1 is 1.21 bits per heavy atom. The first-order valence-corrected chi connectivity index (χ1v) is 10.5. The highest BCUT2D eigenvalue weighted by atomic mass is 32.1. The molecule has 29 heavy (non-hydrogen) atoms. The molecular formula is C20H17N3O4S2. The fourth-order valence-electron chi connectivity index (χ4n) is 2.93. The molecule has 0 saturated heterocycles. The summed E-state index contributed by atoms with van der Waals surface area (Å²) in [5.74, 6) is -0.190. The van der Waals surface area contributed by atoms with E-state index in [1.807, 2.05) is 25.1 Å². The molecule has 7 nitrogen and oxygen atoms in total. The van der Waals surface area contributed by atoms with Crippen LogP contribution in [0.25, 0.3) is 20.4 Å². The van der Waals surface area contributed by atoms with Crippen LogP contribution in [-0.4, -0.2) is 35.1 Å². The summed E-state index contributed by atoms with van der Waals surface area (Å²) in [7, 11) is 1.33. The first-order chi connectivity index (χ1) is 14.1. The number of para-hydroxylation sites is 1. The van der Waals surface area contributed by atoms with E-state index in [1.165, 1.54) is 29.8 Å². The number of methoxy groups -OCH3 is 1. The second-order valence-corrected chi connectivity index (χ2v) is 7.93. The fourth-order valence-corrected chi connectivity index (χ4v) is 4.70. The van der Waals surface area contributed by atoms with Gasteiger partial charge in [0, 0.05) is 5.56 Å². The second-order valence-electron chi connectivity index (χ2n) is 6.03. The highest BCUT2D eigenvalue weighted by Gasteiger charge is 2.16. The first kappa shape index (κ1) is 19.3. The monoisotopic (exact) mass is 427 g/mol. The molecule has 0 spiro atoms. The summed E-state index contributed by atoms with van der Waals surface area (Å²) in [5, 5.41) is 0. The zero-order chi connectivity index (χ0) is 20.4. The molecule has 0 aliphatic heterocycles. The Balaban J connectivity index is 1.86. The van der Waals surface area contributed by atoms with Gasteiger partial charge in [0.25, 0.3) is 5.91 Å². The van der Waals surface area contributed by atoms with Gasteiger partial charge >= 0.3 is 5.97 Å². The van der Waals surface area contributed by atoms with Crippen molar-refractivity contribution in [3.63, 3.8) is 0 Å². The van der Waals surface area contributed by atoms with Crippen LogP contribution in [0.2, 0.25) is 0 Å². The standard InChI is InChI=1S/C20H17N3O4S2/c1-3-27-14-5-4-6-15-18(14)23(10-17(24)26-2)20(29-15)22-19(25)12-7-8-13-16(9-12)28-11-21-13/h4-9,11H,3,10H2,1-2H3. The average molecular weight is 428 g/mol. The number of fused-ring (bicyclic) bond motifs is 2. The van der Waals surface area contributed by atoms with E-state index in [1.54, 1.807) is 28.3 Å². The number of carbonyl (C=O) groups is 2. The van der Waals surface area contributed by atoms with E-state index in [9.17, 15) is 9.59 Å². The van der Waals surface area contributed by atoms with Gasteiger partial charge in [-0.25, -0.2) is 4.98 Å². The molecule has 148 valence electrons. The number of benzene rings is 2. The molecule has 0 saturated carbocycles. The molecule has 2 aromatic heterocycles. The third kappa shape index (κ3) is 3.79. The maximum Gasteiger partial charge on any atom is 0.325 e. The Morgan fingerprint density at radius 3 is 2.86 bits per heavy atom. The van der Waals surface area contributed by atoms with Gasteiger partial charge in [0.05, 0.1) is 34.1 Å². The molecule has 1 amide bonds. The van der Waals surface area contributed by atoms with E-state index >= 15 is 0 Å². The average Bonchev–Trinajstić information content (AvgIpc) is 3.32. The van der Waals surface area contributed by atoms with Crippen molar-refractivity contribution in [1.29, 1.82) is 0 Å². The number of amides is 1. The van der Waals surface area contributed by atoms with Crippen molar-refractivity contribution in [3.8, 4) is 5.75 Å². The molecule has 0 N–H and O–H groups in total. The van der Waals surface area contributed by atoms with Crippen LogP contribution in [0.3, 0.4) is 0 Å². The Hall–Kier alpha value is -3.04. The van der Waals surface area contributed by atoms with E-state index in [4.69, 9.17) is 9.47 Å². The molecule has 0 fully saturated rings. The smallest absolute Gasteiger partial charge is 0.325 e. The van der Waals surface area contributed by atoms with Crippen LogP contribution in [0.15, 0.2) is 46.9 Å². The minimum absolute atomic E-state index is 0.0689. The molecule has 0 aliphatic carbocycles. The SMILES string of the molecule is CCOc1cccc2sc(=NC(=O)c3ccc4ncsc4c3)n(CC(=O)OC)c12. The fraction of sp³-hybridized carbons (Fsp3) is 0.200. The topological polar surface area (TPSA) is 82.8 Å². The van der Waals surface area contributed by atoms with Gasteiger partial charge in [-0.3, -0.25) is 9.59 Å². The summed E-state index contributed by atoms with van der Waals surface area (Å²) in [6, 6.07) is 10.9. The molecule has 0 unspecified atom stereocenters. The number of carbonyl (C=O) groups excluding carboxylic acids is 2. The number of aromatic nitrogens is 2. The van der Waals surface area contributed by atoms with Gasteiger partial charge in [0.15, 0.2) is 4.80 Å². The number of esters is 1. The minimum Gasteiger partial charge on any atom is -0.492 e. The molecule has 0 atom stereocenters. The summed E-state index contributed by atoms with van der Waals surface area (Å²) >= 11 is 2.79. The summed E-state index contributed by atoms with van der Waals surface area (Å²) < 4.78 is 14.0. The van der Waals surface area contributed by atoms with Crippen molar-refractivity contribution in [2.45, 2.75) is 13.5 Å². The van der Waals surface area contributed by atoms with Crippen LogP contribution >= 0.6 is 22.7 Å². The number of nitrogens with zero attached hydrogens (tertiary/aromatic N) is 3. The lowest BCUT2D eigenvalue weighted by molar-refractivity contribution is -0.141. The molecule has 9 heteroatoms. The lowest BCUT2D eigenvalue weighted by Crippen LogP contribution is -2.22. The van der Waals surface area contributed by atoms with Crippen molar-refractivity contribution >= 4 is 55.0 Å². The van der Waals surface area contributed by atoms with Crippen molar-refractivity contribution in [1.82, 2.24) is 9.55 Å². The highest BCUT2D eigenvalue weighted by molar-refractivity contribution is 7.17. The van der Waals surface area contributed by atoms with Crippen LogP contribution in [0.4, 0.5) is 0 Å². The van der Waals surface area contributed by atoms with Gasteiger partial charge in [-0.05, 0) is 37.3 Å². The third-order valence-corrected chi connectivity index (χ3v) is 6.09. The molecule has 0 radical (unpaired) electrons. The number of thiazole rings is 2. The van der Waals surface area contributed by atoms with Gasteiger partial charge < -0.3 is 14.0 Å². The summed E-state index contributed by atoms with van der Waals surface area (Å²) in [6.45, 7) is 2.30. The molecule has 4 aromatic rings. The maximum atomic E-state index is 12.8. The second kappa shape index (κ2) is 8.14. The van der Waals surface area contributed by atoms with E-state index in [0.717, 1.165) is 14.9 Å². The van der Waals surface area contributed by atoms with E-state index in [2.05, 4.69) is 9.98 Å². The molecule has 2 heterocycles. The zero-order valence-electron chi connectivity index (χ0n) is 15.7. The van der Waals surface area contributed by atoms with Gasteiger partial charge in [0.1, 0.15) is 17.8 Å². The Bertz CT molecular complexity index is 1290. The maximum absolute atomic E-state index is 12.8. The van der Waals surface area contributed by atoms with Gasteiger partial charge in [-0.1, -0.05) is 17.4 Å². The zero-order valence-corrected chi connectivity index (χ0v) is 17.4. The van der Waals surface area contributed by atoms with Crippen LogP contribution in [0.1, 0.15) is 17.3 Å². The lowest BCUT2D eigenvalue weighted by Gasteiger charge is -2.08. The van der Waals surface area contributed by atoms with Crippen molar-refractivity contribution in [2.75, 3.05) is 13.7 Å². The minimum atomic E-state index is -0.434. The highest BCUT2D eigenvalue weighted by Crippen LogP contribution is 2.28. The van der Waals surface area contributed by atoms with Crippen LogP contribution in [0, 0.1) is 0 Å². The molecule has 0 aliphatic rings. The summed E-state index contributed by atoms with van der Waals surface area (Å²) in [6.07, 6.45) is 0. The Labute approximate surface area is 173 Å². The number of hydrogen-bond donors (Lipinski definition) is 0. The largest absolute Gasteiger partial charge is 0.492 e. The quantitative estimate of drug-likeness (QED) is 0.454. The van der Waals surface area contributed by atoms with Gasteiger partial charge in [0.2, 0.25) is 0 Å². The molecule has 0 bridgehead atoms. The van der Waals surface area contributed by atoms with Crippen LogP contribution < -0.4 is 9.54 Å². The molecule has 4 rings (SSSR count). The van der Waals surface area contributed by atoms with E-state index in [0.29, 0.717) is 28.2 Å². The van der Waals surface area contributed by atoms with E-state index in [-0.39, 0.29) is 12.5 Å². The van der Waals surface area contributed by atoms with Crippen molar-refractivity contribution < 1.29 is 19.1 Å². The predicted octanol–water partition coefficient (Wildman–Crippen LogP) is 3.63. The van der Waals surface area contributed by atoms with Crippen LogP contribution in [0.5, 0.6) is 5.75 Å². The lowest BCUT2D eigenvalue weighted by atomic mass is 10.2. The summed E-state index contributed by atoms with van der Waals surface area (Å²) in [4.78, 5) is 33.8. The normalized spacial score (nSPS) is 11.9. The summed E-state index contributed by atoms with van der Waals surface area (Å²) in [5.41, 5.74) is 3.76. The first-order valence-electron chi connectivity index (χ1n) is 8.85. The Kier molecular flexibility index (Phi) is 5.41.